The molecule has 4 nitrogen and oxygen atoms in total. The normalized spacial score (nSPS) is 12.1. The van der Waals surface area contributed by atoms with Crippen molar-refractivity contribution in [1.29, 1.82) is 0 Å². The largest absolute Gasteiger partial charge is 0.354 e. The molecule has 2 N–H and O–H groups in total. The molecule has 0 rings (SSSR count). The van der Waals surface area contributed by atoms with Crippen molar-refractivity contribution in [1.82, 2.24) is 10.6 Å². The topological polar surface area (TPSA) is 58.2 Å². The van der Waals surface area contributed by atoms with E-state index in [0.29, 0.717) is 25.9 Å². The first-order chi connectivity index (χ1) is 7.99. The van der Waals surface area contributed by atoms with Gasteiger partial charge < -0.3 is 10.6 Å². The molecule has 0 aliphatic carbocycles. The zero-order valence-corrected chi connectivity index (χ0v) is 13.3. The van der Waals surface area contributed by atoms with Gasteiger partial charge in [0, 0.05) is 35.4 Å². The Morgan fingerprint density at radius 2 is 1.11 bits per heavy atom. The molecule has 0 fully saturated rings. The number of rotatable bonds is 7. The molecule has 0 saturated carbocycles. The third kappa shape index (κ3) is 12.1. The van der Waals surface area contributed by atoms with Gasteiger partial charge in [-0.25, -0.2) is 0 Å². The summed E-state index contributed by atoms with van der Waals surface area (Å²) in [5.41, 5.74) is 0. The number of carbonyl (C=O) groups excluding carboxylic acids is 2. The second-order valence-corrected chi connectivity index (χ2v) is 8.10. The average Bonchev–Trinajstić information content (AvgIpc) is 2.06. The van der Waals surface area contributed by atoms with Crippen LogP contribution in [0.3, 0.4) is 0 Å². The zero-order valence-electron chi connectivity index (χ0n) is 11.5. The summed E-state index contributed by atoms with van der Waals surface area (Å²) in [5, 5.41) is 5.47. The van der Waals surface area contributed by atoms with Crippen LogP contribution in [0.4, 0.5) is 0 Å². The maximum Gasteiger partial charge on any atom is 0.221 e. The van der Waals surface area contributed by atoms with Crippen LogP contribution in [-0.2, 0) is 9.59 Å². The van der Waals surface area contributed by atoms with E-state index in [1.165, 1.54) is 0 Å². The monoisotopic (exact) mass is 292 g/mol. The Hall–Kier alpha value is -0.360. The third-order valence-electron chi connectivity index (χ3n) is 1.96. The van der Waals surface area contributed by atoms with Crippen LogP contribution < -0.4 is 10.6 Å². The van der Waals surface area contributed by atoms with Crippen LogP contribution in [0, 0.1) is 0 Å². The second kappa shape index (κ2) is 7.28. The van der Waals surface area contributed by atoms with Crippen molar-refractivity contribution in [3.05, 3.63) is 0 Å². The number of amides is 2. The van der Waals surface area contributed by atoms with E-state index in [1.54, 1.807) is 0 Å². The highest BCUT2D eigenvalue weighted by molar-refractivity contribution is 7.82. The molecule has 0 aliphatic heterocycles. The van der Waals surface area contributed by atoms with E-state index in [0.717, 1.165) is 0 Å². The first kappa shape index (κ1) is 17.6. The molecule has 0 atom stereocenters. The molecule has 0 unspecified atom stereocenters. The van der Waals surface area contributed by atoms with Gasteiger partial charge in [0.15, 0.2) is 0 Å². The highest BCUT2D eigenvalue weighted by Crippen LogP contribution is 2.16. The smallest absolute Gasteiger partial charge is 0.221 e. The lowest BCUT2D eigenvalue weighted by molar-refractivity contribution is -0.123. The van der Waals surface area contributed by atoms with Gasteiger partial charge in [0.05, 0.1) is 0 Å². The lowest BCUT2D eigenvalue weighted by atomic mass is 10.1. The van der Waals surface area contributed by atoms with Crippen molar-refractivity contribution >= 4 is 37.1 Å². The summed E-state index contributed by atoms with van der Waals surface area (Å²) in [6, 6.07) is 0. The average molecular weight is 292 g/mol. The predicted octanol–water partition coefficient (Wildman–Crippen LogP) is 1.42. The van der Waals surface area contributed by atoms with Crippen LogP contribution in [0.15, 0.2) is 0 Å². The Morgan fingerprint density at radius 1 is 0.833 bits per heavy atom. The first-order valence-corrected chi connectivity index (χ1v) is 6.87. The maximum absolute atomic E-state index is 11.4. The third-order valence-corrected chi connectivity index (χ3v) is 2.27. The summed E-state index contributed by atoms with van der Waals surface area (Å²) in [5.74, 6) is -0.113. The van der Waals surface area contributed by atoms with Crippen molar-refractivity contribution in [3.8, 4) is 0 Å². The molecule has 0 aliphatic rings. The Labute approximate surface area is 120 Å². The minimum Gasteiger partial charge on any atom is -0.354 e. The Balaban J connectivity index is 3.69. The molecular formula is C12H24N2O2S2. The van der Waals surface area contributed by atoms with Crippen LogP contribution in [0.1, 0.15) is 40.5 Å². The summed E-state index contributed by atoms with van der Waals surface area (Å²) in [6.45, 7) is 8.39. The second-order valence-electron chi connectivity index (χ2n) is 5.68. The number of thiol groups is 2. The van der Waals surface area contributed by atoms with Crippen LogP contribution in [0.2, 0.25) is 0 Å². The molecule has 0 aromatic carbocycles. The lowest BCUT2D eigenvalue weighted by Gasteiger charge is -2.17. The standard InChI is InChI=1S/C12H24N2O2S2/c1-11(2,17)7-9(15)13-5-6-14-10(16)8-12(3,4)18/h17-18H,5-8H2,1-4H3,(H,13,15)(H,14,16). The van der Waals surface area contributed by atoms with Crippen molar-refractivity contribution in [2.75, 3.05) is 13.1 Å². The summed E-state index contributed by atoms with van der Waals surface area (Å²) in [4.78, 5) is 22.9. The molecule has 106 valence electrons. The van der Waals surface area contributed by atoms with Crippen molar-refractivity contribution in [2.24, 2.45) is 0 Å². The van der Waals surface area contributed by atoms with Gasteiger partial charge in [-0.15, -0.1) is 0 Å². The molecule has 0 bridgehead atoms. The van der Waals surface area contributed by atoms with E-state index in [9.17, 15) is 9.59 Å². The molecule has 0 aromatic rings. The van der Waals surface area contributed by atoms with Crippen molar-refractivity contribution in [2.45, 2.75) is 50.0 Å². The summed E-state index contributed by atoms with van der Waals surface area (Å²) in [7, 11) is 0. The molecule has 18 heavy (non-hydrogen) atoms. The minimum atomic E-state index is -0.316. The fraction of sp³-hybridized carbons (Fsp3) is 0.833. The summed E-state index contributed by atoms with van der Waals surface area (Å²) in [6.07, 6.45) is 0.710. The van der Waals surface area contributed by atoms with Crippen LogP contribution in [0.5, 0.6) is 0 Å². The molecule has 2 amide bonds. The molecule has 0 radical (unpaired) electrons. The highest BCUT2D eigenvalue weighted by Gasteiger charge is 2.17. The van der Waals surface area contributed by atoms with E-state index in [1.807, 2.05) is 27.7 Å². The molecule has 0 aromatic heterocycles. The lowest BCUT2D eigenvalue weighted by Crippen LogP contribution is -2.37. The molecule has 0 heterocycles. The van der Waals surface area contributed by atoms with E-state index in [4.69, 9.17) is 0 Å². The Bertz CT molecular complexity index is 263. The van der Waals surface area contributed by atoms with E-state index in [-0.39, 0.29) is 21.3 Å². The number of carbonyl (C=O) groups is 2. The van der Waals surface area contributed by atoms with Crippen LogP contribution in [-0.4, -0.2) is 34.4 Å². The summed E-state index contributed by atoms with van der Waals surface area (Å²) < 4.78 is -0.632. The van der Waals surface area contributed by atoms with E-state index >= 15 is 0 Å². The van der Waals surface area contributed by atoms with Gasteiger partial charge in [-0.2, -0.15) is 25.3 Å². The van der Waals surface area contributed by atoms with Gasteiger partial charge in [-0.3, -0.25) is 9.59 Å². The van der Waals surface area contributed by atoms with Crippen molar-refractivity contribution in [3.63, 3.8) is 0 Å². The van der Waals surface area contributed by atoms with Gasteiger partial charge in [-0.05, 0) is 0 Å². The Morgan fingerprint density at radius 3 is 1.33 bits per heavy atom. The van der Waals surface area contributed by atoms with Crippen LogP contribution >= 0.6 is 25.3 Å². The van der Waals surface area contributed by atoms with Gasteiger partial charge in [0.2, 0.25) is 11.8 Å². The molecule has 0 spiro atoms. The van der Waals surface area contributed by atoms with Gasteiger partial charge in [-0.1, -0.05) is 27.7 Å². The SMILES string of the molecule is CC(C)(S)CC(=O)NCCNC(=O)CC(C)(C)S. The number of hydrogen-bond acceptors (Lipinski definition) is 4. The molecular weight excluding hydrogens is 268 g/mol. The maximum atomic E-state index is 11.4. The van der Waals surface area contributed by atoms with Gasteiger partial charge >= 0.3 is 0 Å². The fourth-order valence-electron chi connectivity index (χ4n) is 1.31. The molecule has 6 heteroatoms. The minimum absolute atomic E-state index is 0.0567. The number of hydrogen-bond donors (Lipinski definition) is 4. The van der Waals surface area contributed by atoms with E-state index < -0.39 is 0 Å². The summed E-state index contributed by atoms with van der Waals surface area (Å²) >= 11 is 8.56. The molecule has 0 saturated heterocycles. The van der Waals surface area contributed by atoms with Gasteiger partial charge in [0.25, 0.3) is 0 Å². The fourth-order valence-corrected chi connectivity index (χ4v) is 1.60. The highest BCUT2D eigenvalue weighted by atomic mass is 32.1. The van der Waals surface area contributed by atoms with Crippen LogP contribution in [0.25, 0.3) is 0 Å². The van der Waals surface area contributed by atoms with Gasteiger partial charge in [0.1, 0.15) is 0 Å². The Kier molecular flexibility index (Phi) is 7.14. The van der Waals surface area contributed by atoms with E-state index in [2.05, 4.69) is 35.9 Å². The first-order valence-electron chi connectivity index (χ1n) is 5.98. The van der Waals surface area contributed by atoms with Crippen molar-refractivity contribution < 1.29 is 9.59 Å². The zero-order chi connectivity index (χ0) is 14.4. The quantitative estimate of drug-likeness (QED) is 0.424. The number of nitrogens with one attached hydrogen (secondary N) is 2. The predicted molar refractivity (Wildman–Crippen MR) is 81.4 cm³/mol.